The van der Waals surface area contributed by atoms with Gasteiger partial charge in [-0.05, 0) is 47.5 Å². The van der Waals surface area contributed by atoms with Crippen molar-refractivity contribution in [2.45, 2.75) is 0 Å². The van der Waals surface area contributed by atoms with Gasteiger partial charge >= 0.3 is 0 Å². The van der Waals surface area contributed by atoms with Crippen molar-refractivity contribution in [3.8, 4) is 45.5 Å². The first kappa shape index (κ1) is 12.9. The van der Waals surface area contributed by atoms with Gasteiger partial charge in [0.1, 0.15) is 11.5 Å². The van der Waals surface area contributed by atoms with Crippen molar-refractivity contribution in [1.29, 1.82) is 0 Å². The van der Waals surface area contributed by atoms with Crippen LogP contribution < -0.4 is 0 Å². The fourth-order valence-electron chi connectivity index (χ4n) is 2.23. The molecule has 0 saturated carbocycles. The van der Waals surface area contributed by atoms with Gasteiger partial charge in [-0.3, -0.25) is 0 Å². The monoisotopic (exact) mass is 283 g/mol. The van der Waals surface area contributed by atoms with Crippen molar-refractivity contribution in [2.24, 2.45) is 0 Å². The molecule has 0 aliphatic rings. The number of hydrogen-bond donors (Lipinski definition) is 5. The second-order valence-electron chi connectivity index (χ2n) is 4.67. The lowest BCUT2D eigenvalue weighted by Gasteiger charge is -2.05. The van der Waals surface area contributed by atoms with Crippen LogP contribution in [0.2, 0.25) is 0 Å². The Hall–Kier alpha value is -3.08. The number of nitrogens with one attached hydrogen (secondary N) is 1. The van der Waals surface area contributed by atoms with Crippen LogP contribution >= 0.6 is 0 Å². The van der Waals surface area contributed by atoms with E-state index < -0.39 is 0 Å². The maximum Gasteiger partial charge on any atom is 0.233 e. The molecule has 0 spiro atoms. The Balaban J connectivity index is 2.20. The summed E-state index contributed by atoms with van der Waals surface area (Å²) in [6.07, 6.45) is 0. The lowest BCUT2D eigenvalue weighted by Crippen LogP contribution is -1.82. The van der Waals surface area contributed by atoms with Crippen molar-refractivity contribution in [1.82, 2.24) is 4.98 Å². The average Bonchev–Trinajstić information content (AvgIpc) is 2.77. The summed E-state index contributed by atoms with van der Waals surface area (Å²) >= 11 is 0. The second kappa shape index (κ2) is 4.79. The normalized spacial score (nSPS) is 10.7. The predicted octanol–water partition coefficient (Wildman–Crippen LogP) is 3.17. The van der Waals surface area contributed by atoms with Crippen molar-refractivity contribution in [3.63, 3.8) is 0 Å². The SMILES string of the molecule is Oc1ccc(-c2[nH]c(O)c(O)c2-c2ccc(O)cc2)cc1. The zero-order valence-corrected chi connectivity index (χ0v) is 10.9. The first-order valence-electron chi connectivity index (χ1n) is 6.29. The molecular formula is C16H13NO4. The Labute approximate surface area is 120 Å². The lowest BCUT2D eigenvalue weighted by atomic mass is 10.0. The fourth-order valence-corrected chi connectivity index (χ4v) is 2.23. The average molecular weight is 283 g/mol. The van der Waals surface area contributed by atoms with E-state index in [2.05, 4.69) is 4.98 Å². The summed E-state index contributed by atoms with van der Waals surface area (Å²) in [6.45, 7) is 0. The van der Waals surface area contributed by atoms with Crippen LogP contribution in [-0.2, 0) is 0 Å². The number of aromatic hydroxyl groups is 4. The van der Waals surface area contributed by atoms with Gasteiger partial charge in [-0.15, -0.1) is 0 Å². The number of phenolic OH excluding ortho intramolecular Hbond substituents is 2. The fraction of sp³-hybridized carbons (Fsp3) is 0. The summed E-state index contributed by atoms with van der Waals surface area (Å²) in [5.74, 6) is -0.348. The van der Waals surface area contributed by atoms with Gasteiger partial charge in [-0.2, -0.15) is 0 Å². The Morgan fingerprint density at radius 2 is 1.10 bits per heavy atom. The number of benzene rings is 2. The second-order valence-corrected chi connectivity index (χ2v) is 4.67. The molecule has 0 amide bonds. The van der Waals surface area contributed by atoms with Crippen LogP contribution in [0.4, 0.5) is 0 Å². The van der Waals surface area contributed by atoms with Gasteiger partial charge in [0.2, 0.25) is 5.88 Å². The molecule has 5 N–H and O–H groups in total. The van der Waals surface area contributed by atoms with Crippen LogP contribution in [0.25, 0.3) is 22.4 Å². The molecule has 0 bridgehead atoms. The smallest absolute Gasteiger partial charge is 0.233 e. The molecular weight excluding hydrogens is 270 g/mol. The first-order chi connectivity index (χ1) is 10.1. The zero-order valence-electron chi connectivity index (χ0n) is 10.9. The summed E-state index contributed by atoms with van der Waals surface area (Å²) in [6, 6.07) is 12.7. The Morgan fingerprint density at radius 3 is 1.62 bits per heavy atom. The van der Waals surface area contributed by atoms with E-state index in [0.29, 0.717) is 22.4 Å². The predicted molar refractivity (Wildman–Crippen MR) is 78.3 cm³/mol. The van der Waals surface area contributed by atoms with E-state index in [1.807, 2.05) is 0 Å². The largest absolute Gasteiger partial charge is 0.508 e. The minimum atomic E-state index is -0.332. The molecule has 0 radical (unpaired) electrons. The summed E-state index contributed by atoms with van der Waals surface area (Å²) < 4.78 is 0. The summed E-state index contributed by atoms with van der Waals surface area (Å²) in [5, 5.41) is 38.5. The van der Waals surface area contributed by atoms with Gasteiger partial charge in [0.15, 0.2) is 5.75 Å². The number of aromatic amines is 1. The molecule has 2 aromatic carbocycles. The minimum Gasteiger partial charge on any atom is -0.508 e. The maximum atomic E-state index is 10.1. The Morgan fingerprint density at radius 1 is 0.619 bits per heavy atom. The molecule has 0 aliphatic carbocycles. The van der Waals surface area contributed by atoms with E-state index in [1.165, 1.54) is 24.3 Å². The van der Waals surface area contributed by atoms with E-state index in [4.69, 9.17) is 0 Å². The molecule has 1 heterocycles. The molecule has 3 aromatic rings. The van der Waals surface area contributed by atoms with Gasteiger partial charge in [-0.25, -0.2) is 0 Å². The topological polar surface area (TPSA) is 96.7 Å². The van der Waals surface area contributed by atoms with Gasteiger partial charge in [0.05, 0.1) is 11.3 Å². The van der Waals surface area contributed by atoms with Gasteiger partial charge in [0.25, 0.3) is 0 Å². The van der Waals surface area contributed by atoms with Gasteiger partial charge < -0.3 is 25.4 Å². The molecule has 5 nitrogen and oxygen atoms in total. The number of phenols is 2. The highest BCUT2D eigenvalue weighted by molar-refractivity contribution is 5.88. The molecule has 21 heavy (non-hydrogen) atoms. The molecule has 0 aliphatic heterocycles. The first-order valence-corrected chi connectivity index (χ1v) is 6.29. The highest BCUT2D eigenvalue weighted by Crippen LogP contribution is 2.44. The molecule has 5 heteroatoms. The van der Waals surface area contributed by atoms with E-state index in [0.717, 1.165) is 0 Å². The van der Waals surface area contributed by atoms with Gasteiger partial charge in [0, 0.05) is 0 Å². The Kier molecular flexibility index (Phi) is 2.95. The lowest BCUT2D eigenvalue weighted by molar-refractivity contribution is 0.396. The van der Waals surface area contributed by atoms with Crippen LogP contribution in [0, 0.1) is 0 Å². The van der Waals surface area contributed by atoms with Crippen molar-refractivity contribution in [3.05, 3.63) is 48.5 Å². The molecule has 0 unspecified atom stereocenters. The Bertz CT molecular complexity index is 773. The van der Waals surface area contributed by atoms with E-state index in [9.17, 15) is 20.4 Å². The van der Waals surface area contributed by atoms with Crippen LogP contribution in [0.1, 0.15) is 0 Å². The number of aromatic nitrogens is 1. The minimum absolute atomic E-state index is 0.115. The standard InChI is InChI=1S/C16H13NO4/c18-11-5-1-9(2-6-11)13-14(17-16(21)15(13)20)10-3-7-12(19)8-4-10/h1-8,17-21H. The van der Waals surface area contributed by atoms with Crippen LogP contribution in [-0.4, -0.2) is 25.4 Å². The van der Waals surface area contributed by atoms with Crippen LogP contribution in [0.15, 0.2) is 48.5 Å². The molecule has 3 rings (SSSR count). The quantitative estimate of drug-likeness (QED) is 0.499. The molecule has 0 fully saturated rings. The van der Waals surface area contributed by atoms with Crippen molar-refractivity contribution >= 4 is 0 Å². The molecule has 106 valence electrons. The van der Waals surface area contributed by atoms with Crippen molar-refractivity contribution in [2.75, 3.05) is 0 Å². The number of H-pyrrole nitrogens is 1. The third-order valence-electron chi connectivity index (χ3n) is 3.27. The van der Waals surface area contributed by atoms with Crippen LogP contribution in [0.5, 0.6) is 23.1 Å². The van der Waals surface area contributed by atoms with E-state index >= 15 is 0 Å². The van der Waals surface area contributed by atoms with E-state index in [-0.39, 0.29) is 23.1 Å². The van der Waals surface area contributed by atoms with Gasteiger partial charge in [-0.1, -0.05) is 12.1 Å². The van der Waals surface area contributed by atoms with Crippen LogP contribution in [0.3, 0.4) is 0 Å². The third kappa shape index (κ3) is 2.25. The summed E-state index contributed by atoms with van der Waals surface area (Å²) in [7, 11) is 0. The zero-order chi connectivity index (χ0) is 15.0. The summed E-state index contributed by atoms with van der Waals surface area (Å²) in [5.41, 5.74) is 2.30. The molecule has 1 aromatic heterocycles. The number of hydrogen-bond acceptors (Lipinski definition) is 4. The third-order valence-corrected chi connectivity index (χ3v) is 3.27. The highest BCUT2D eigenvalue weighted by Gasteiger charge is 2.19. The highest BCUT2D eigenvalue weighted by atomic mass is 16.3. The molecule has 0 atom stereocenters. The van der Waals surface area contributed by atoms with E-state index in [1.54, 1.807) is 24.3 Å². The van der Waals surface area contributed by atoms with Crippen molar-refractivity contribution < 1.29 is 20.4 Å². The molecule has 0 saturated heterocycles. The number of rotatable bonds is 2. The maximum absolute atomic E-state index is 10.1. The summed E-state index contributed by atoms with van der Waals surface area (Å²) in [4.78, 5) is 2.72.